The summed E-state index contributed by atoms with van der Waals surface area (Å²) in [6.45, 7) is 1.29. The van der Waals surface area contributed by atoms with Gasteiger partial charge in [-0.15, -0.1) is 0 Å². The summed E-state index contributed by atoms with van der Waals surface area (Å²) in [6, 6.07) is 12.2. The van der Waals surface area contributed by atoms with Crippen molar-refractivity contribution in [1.29, 1.82) is 5.26 Å². The summed E-state index contributed by atoms with van der Waals surface area (Å²) in [5, 5.41) is 9.57. The fourth-order valence-corrected chi connectivity index (χ4v) is 3.01. The Morgan fingerprint density at radius 3 is 2.26 bits per heavy atom. The van der Waals surface area contributed by atoms with E-state index in [0.717, 1.165) is 12.1 Å². The predicted molar refractivity (Wildman–Crippen MR) is 98.6 cm³/mol. The normalized spacial score (nSPS) is 12.9. The van der Waals surface area contributed by atoms with Gasteiger partial charge in [-0.1, -0.05) is 46.3 Å². The maximum Gasteiger partial charge on any atom is 0.417 e. The Kier molecular flexibility index (Phi) is 6.34. The first-order valence-corrected chi connectivity index (χ1v) is 9.95. The Labute approximate surface area is 163 Å². The number of hydrogen-bond acceptors (Lipinski definition) is 4. The van der Waals surface area contributed by atoms with Crippen LogP contribution in [0.5, 0.6) is 0 Å². The molecular formula is C18H13BrF3NO3S. The average Bonchev–Trinajstić information content (AvgIpc) is 2.62. The van der Waals surface area contributed by atoms with Crippen LogP contribution in [-0.4, -0.2) is 14.2 Å². The summed E-state index contributed by atoms with van der Waals surface area (Å²) < 4.78 is 69.9. The number of nitriles is 1. The third kappa shape index (κ3) is 5.11. The summed E-state index contributed by atoms with van der Waals surface area (Å²) in [5.41, 5.74) is -1.73. The van der Waals surface area contributed by atoms with Crippen LogP contribution in [-0.2, 0) is 20.5 Å². The molecule has 0 spiro atoms. The highest BCUT2D eigenvalue weighted by Gasteiger charge is 2.36. The van der Waals surface area contributed by atoms with Gasteiger partial charge in [0.05, 0.1) is 11.3 Å². The lowest BCUT2D eigenvalue weighted by Crippen LogP contribution is -2.14. The second-order valence-electron chi connectivity index (χ2n) is 5.30. The van der Waals surface area contributed by atoms with Crippen molar-refractivity contribution in [3.8, 4) is 6.07 Å². The standard InChI is InChI=1S/C18H13BrF3NO3S/c1-2-27(24,25)26-17(14-5-3-4-6-16(14)18(20,21)22)15(11-23)12-7-9-13(19)10-8-12/h3-10H,2H2,1H3. The molecule has 0 fully saturated rings. The number of alkyl halides is 3. The molecule has 0 bridgehead atoms. The van der Waals surface area contributed by atoms with E-state index >= 15 is 0 Å². The van der Waals surface area contributed by atoms with E-state index in [1.165, 1.54) is 31.2 Å². The molecule has 0 unspecified atom stereocenters. The summed E-state index contributed by atoms with van der Waals surface area (Å²) in [6.07, 6.45) is -4.76. The maximum atomic E-state index is 13.4. The Morgan fingerprint density at radius 2 is 1.74 bits per heavy atom. The first-order chi connectivity index (χ1) is 12.6. The molecule has 2 aromatic carbocycles. The molecule has 9 heteroatoms. The number of halogens is 4. The van der Waals surface area contributed by atoms with E-state index in [-0.39, 0.29) is 11.1 Å². The molecule has 0 heterocycles. The van der Waals surface area contributed by atoms with Gasteiger partial charge < -0.3 is 4.18 Å². The molecule has 4 nitrogen and oxygen atoms in total. The molecule has 0 radical (unpaired) electrons. The lowest BCUT2D eigenvalue weighted by Gasteiger charge is -2.17. The van der Waals surface area contributed by atoms with E-state index in [0.29, 0.717) is 4.47 Å². The molecule has 0 aliphatic carbocycles. The topological polar surface area (TPSA) is 67.2 Å². The van der Waals surface area contributed by atoms with Gasteiger partial charge in [-0.3, -0.25) is 0 Å². The summed E-state index contributed by atoms with van der Waals surface area (Å²) in [5.74, 6) is -1.13. The van der Waals surface area contributed by atoms with E-state index in [1.807, 2.05) is 0 Å². The largest absolute Gasteiger partial charge is 0.417 e. The number of hydrogen-bond donors (Lipinski definition) is 0. The third-order valence-corrected chi connectivity index (χ3v) is 5.17. The van der Waals surface area contributed by atoms with Crippen LogP contribution in [0.25, 0.3) is 11.3 Å². The Morgan fingerprint density at radius 1 is 1.15 bits per heavy atom. The van der Waals surface area contributed by atoms with Gasteiger partial charge in [-0.2, -0.15) is 26.9 Å². The Hall–Kier alpha value is -2.31. The van der Waals surface area contributed by atoms with Gasteiger partial charge in [0.15, 0.2) is 5.76 Å². The molecule has 0 saturated carbocycles. The minimum absolute atomic E-state index is 0.221. The molecule has 0 aromatic heterocycles. The molecule has 2 rings (SSSR count). The highest BCUT2D eigenvalue weighted by molar-refractivity contribution is 9.10. The third-order valence-electron chi connectivity index (χ3n) is 3.51. The van der Waals surface area contributed by atoms with E-state index in [9.17, 15) is 26.9 Å². The monoisotopic (exact) mass is 459 g/mol. The van der Waals surface area contributed by atoms with Gasteiger partial charge >= 0.3 is 16.3 Å². The number of nitrogens with zero attached hydrogens (tertiary/aromatic N) is 1. The second kappa shape index (κ2) is 8.15. The van der Waals surface area contributed by atoms with Crippen LogP contribution in [0, 0.1) is 11.3 Å². The number of allylic oxidation sites excluding steroid dienone is 1. The van der Waals surface area contributed by atoms with Gasteiger partial charge in [0, 0.05) is 10.0 Å². The first-order valence-electron chi connectivity index (χ1n) is 7.58. The molecule has 2 aromatic rings. The van der Waals surface area contributed by atoms with Crippen molar-refractivity contribution in [2.75, 3.05) is 5.75 Å². The molecule has 0 atom stereocenters. The van der Waals surface area contributed by atoms with Crippen molar-refractivity contribution in [2.45, 2.75) is 13.1 Å². The van der Waals surface area contributed by atoms with Crippen molar-refractivity contribution in [3.05, 3.63) is 69.7 Å². The van der Waals surface area contributed by atoms with Crippen LogP contribution in [0.15, 0.2) is 53.0 Å². The van der Waals surface area contributed by atoms with Crippen LogP contribution >= 0.6 is 15.9 Å². The minimum Gasteiger partial charge on any atom is -0.380 e. The highest BCUT2D eigenvalue weighted by Crippen LogP contribution is 2.38. The van der Waals surface area contributed by atoms with Crippen LogP contribution in [0.3, 0.4) is 0 Å². The van der Waals surface area contributed by atoms with Gasteiger partial charge in [0.1, 0.15) is 11.6 Å². The molecule has 0 N–H and O–H groups in total. The predicted octanol–water partition coefficient (Wildman–Crippen LogP) is 5.23. The Balaban J connectivity index is 2.84. The molecule has 0 saturated heterocycles. The molecule has 0 aliphatic rings. The van der Waals surface area contributed by atoms with Gasteiger partial charge in [0.25, 0.3) is 0 Å². The van der Waals surface area contributed by atoms with Crippen molar-refractivity contribution in [3.63, 3.8) is 0 Å². The maximum absolute atomic E-state index is 13.4. The zero-order valence-electron chi connectivity index (χ0n) is 13.9. The zero-order valence-corrected chi connectivity index (χ0v) is 16.3. The molecule has 0 amide bonds. The van der Waals surface area contributed by atoms with Crippen molar-refractivity contribution in [1.82, 2.24) is 0 Å². The fraction of sp³-hybridized carbons (Fsp3) is 0.167. The van der Waals surface area contributed by atoms with Crippen molar-refractivity contribution < 1.29 is 25.8 Å². The molecular weight excluding hydrogens is 447 g/mol. The van der Waals surface area contributed by atoms with E-state index in [1.54, 1.807) is 18.2 Å². The van der Waals surface area contributed by atoms with E-state index in [4.69, 9.17) is 4.18 Å². The average molecular weight is 460 g/mol. The SMILES string of the molecule is CCS(=O)(=O)OC(=C(C#N)c1ccc(Br)cc1)c1ccccc1C(F)(F)F. The van der Waals surface area contributed by atoms with Crippen LogP contribution in [0.1, 0.15) is 23.6 Å². The van der Waals surface area contributed by atoms with Gasteiger partial charge in [-0.05, 0) is 30.7 Å². The van der Waals surface area contributed by atoms with Crippen LogP contribution in [0.2, 0.25) is 0 Å². The van der Waals surface area contributed by atoms with Gasteiger partial charge in [0.2, 0.25) is 0 Å². The molecule has 142 valence electrons. The van der Waals surface area contributed by atoms with Crippen LogP contribution in [0.4, 0.5) is 13.2 Å². The summed E-state index contributed by atoms with van der Waals surface area (Å²) in [4.78, 5) is 0. The second-order valence-corrected chi connectivity index (χ2v) is 8.07. The molecule has 27 heavy (non-hydrogen) atoms. The van der Waals surface area contributed by atoms with Crippen molar-refractivity contribution in [2.24, 2.45) is 0 Å². The smallest absolute Gasteiger partial charge is 0.380 e. The minimum atomic E-state index is -4.76. The number of rotatable bonds is 5. The fourth-order valence-electron chi connectivity index (χ4n) is 2.20. The lowest BCUT2D eigenvalue weighted by molar-refractivity contribution is -0.137. The molecule has 0 aliphatic heterocycles. The van der Waals surface area contributed by atoms with Crippen molar-refractivity contribution >= 4 is 37.4 Å². The summed E-state index contributed by atoms with van der Waals surface area (Å²) >= 11 is 3.22. The van der Waals surface area contributed by atoms with Crippen LogP contribution < -0.4 is 0 Å². The highest BCUT2D eigenvalue weighted by atomic mass is 79.9. The zero-order chi connectivity index (χ0) is 20.2. The van der Waals surface area contributed by atoms with Gasteiger partial charge in [-0.25, -0.2) is 0 Å². The quantitative estimate of drug-likeness (QED) is 0.266. The number of benzene rings is 2. The van der Waals surface area contributed by atoms with E-state index in [2.05, 4.69) is 15.9 Å². The van der Waals surface area contributed by atoms with E-state index < -0.39 is 38.9 Å². The first kappa shape index (κ1) is 21.0. The Bertz CT molecular complexity index is 1010. The lowest BCUT2D eigenvalue weighted by atomic mass is 9.98. The summed E-state index contributed by atoms with van der Waals surface area (Å²) in [7, 11) is -4.19.